The molecule has 5 heteroatoms. The van der Waals surface area contributed by atoms with Crippen LogP contribution >= 0.6 is 0 Å². The molecule has 1 heterocycles. The Labute approximate surface area is 153 Å². The summed E-state index contributed by atoms with van der Waals surface area (Å²) >= 11 is 0. The van der Waals surface area contributed by atoms with E-state index in [1.54, 1.807) is 13.0 Å². The van der Waals surface area contributed by atoms with Crippen LogP contribution in [0.15, 0.2) is 36.4 Å². The van der Waals surface area contributed by atoms with Crippen molar-refractivity contribution in [1.29, 1.82) is 0 Å². The van der Waals surface area contributed by atoms with Gasteiger partial charge in [-0.15, -0.1) is 0 Å². The third-order valence-electron chi connectivity index (χ3n) is 4.54. The van der Waals surface area contributed by atoms with Crippen LogP contribution in [0.2, 0.25) is 0 Å². The molecular formula is C21H25FO4. The van der Waals surface area contributed by atoms with Gasteiger partial charge in [0, 0.05) is 11.5 Å². The molecule has 0 aromatic heterocycles. The van der Waals surface area contributed by atoms with Crippen LogP contribution in [0.1, 0.15) is 25.0 Å². The lowest BCUT2D eigenvalue weighted by molar-refractivity contribution is -0.264. The van der Waals surface area contributed by atoms with E-state index in [-0.39, 0.29) is 18.3 Å². The summed E-state index contributed by atoms with van der Waals surface area (Å²) < 4.78 is 31.0. The average molecular weight is 360 g/mol. The molecule has 1 N–H and O–H groups in total. The second-order valence-corrected chi connectivity index (χ2v) is 7.14. The van der Waals surface area contributed by atoms with Crippen molar-refractivity contribution in [2.45, 2.75) is 33.2 Å². The Kier molecular flexibility index (Phi) is 5.61. The third-order valence-corrected chi connectivity index (χ3v) is 4.54. The molecule has 1 saturated heterocycles. The van der Waals surface area contributed by atoms with E-state index >= 15 is 0 Å². The maximum Gasteiger partial charge on any atom is 0.162 e. The molecule has 0 amide bonds. The molecule has 140 valence electrons. The molecular weight excluding hydrogens is 335 g/mol. The van der Waals surface area contributed by atoms with Crippen LogP contribution < -0.4 is 4.74 Å². The van der Waals surface area contributed by atoms with E-state index in [0.29, 0.717) is 36.7 Å². The van der Waals surface area contributed by atoms with Gasteiger partial charge in [-0.25, -0.2) is 4.39 Å². The average Bonchev–Trinajstić information content (AvgIpc) is 2.63. The second-order valence-electron chi connectivity index (χ2n) is 7.14. The summed E-state index contributed by atoms with van der Waals surface area (Å²) in [5.41, 5.74) is 2.88. The highest BCUT2D eigenvalue weighted by Crippen LogP contribution is 2.29. The van der Waals surface area contributed by atoms with Gasteiger partial charge in [0.05, 0.1) is 26.4 Å². The Morgan fingerprint density at radius 3 is 2.42 bits per heavy atom. The minimum atomic E-state index is -0.544. The van der Waals surface area contributed by atoms with Gasteiger partial charge >= 0.3 is 0 Å². The van der Waals surface area contributed by atoms with E-state index in [4.69, 9.17) is 14.2 Å². The van der Waals surface area contributed by atoms with Crippen LogP contribution in [0.4, 0.5) is 4.39 Å². The van der Waals surface area contributed by atoms with Crippen molar-refractivity contribution in [2.24, 2.45) is 5.92 Å². The summed E-state index contributed by atoms with van der Waals surface area (Å²) in [5.74, 6) is -0.0275. The molecule has 1 aliphatic heterocycles. The first-order chi connectivity index (χ1) is 12.4. The van der Waals surface area contributed by atoms with Gasteiger partial charge in [0.15, 0.2) is 5.79 Å². The van der Waals surface area contributed by atoms with Crippen molar-refractivity contribution in [3.63, 3.8) is 0 Å². The first kappa shape index (κ1) is 18.8. The first-order valence-corrected chi connectivity index (χ1v) is 8.79. The quantitative estimate of drug-likeness (QED) is 0.873. The summed E-state index contributed by atoms with van der Waals surface area (Å²) in [4.78, 5) is 0. The molecule has 0 bridgehead atoms. The van der Waals surface area contributed by atoms with E-state index in [2.05, 4.69) is 0 Å². The van der Waals surface area contributed by atoms with Gasteiger partial charge in [-0.1, -0.05) is 18.2 Å². The van der Waals surface area contributed by atoms with Crippen LogP contribution in [0, 0.1) is 18.7 Å². The van der Waals surface area contributed by atoms with E-state index in [1.165, 1.54) is 6.07 Å². The zero-order valence-corrected chi connectivity index (χ0v) is 15.4. The Bertz CT molecular complexity index is 763. The second kappa shape index (κ2) is 7.74. The summed E-state index contributed by atoms with van der Waals surface area (Å²) in [6.07, 6.45) is 0. The minimum absolute atomic E-state index is 0.139. The van der Waals surface area contributed by atoms with E-state index in [1.807, 2.05) is 38.1 Å². The van der Waals surface area contributed by atoms with Crippen LogP contribution in [0.5, 0.6) is 5.75 Å². The Hall–Kier alpha value is -1.95. The molecule has 3 rings (SSSR count). The lowest BCUT2D eigenvalue weighted by Gasteiger charge is -2.34. The van der Waals surface area contributed by atoms with Gasteiger partial charge < -0.3 is 19.3 Å². The number of ether oxygens (including phenoxy) is 3. The van der Waals surface area contributed by atoms with E-state index < -0.39 is 5.79 Å². The fourth-order valence-corrected chi connectivity index (χ4v) is 2.83. The van der Waals surface area contributed by atoms with Crippen molar-refractivity contribution < 1.29 is 23.7 Å². The lowest BCUT2D eigenvalue weighted by Crippen LogP contribution is -2.41. The summed E-state index contributed by atoms with van der Waals surface area (Å²) in [7, 11) is 0. The maximum atomic E-state index is 13.8. The predicted molar refractivity (Wildman–Crippen MR) is 97.5 cm³/mol. The van der Waals surface area contributed by atoms with Gasteiger partial charge in [-0.3, -0.25) is 0 Å². The normalized spacial score (nSPS) is 17.3. The SMILES string of the molecule is Cc1ccc(-c2ccc(OCC3COC(C)(C)OC3)c(CO)c2)cc1F. The largest absolute Gasteiger partial charge is 0.493 e. The van der Waals surface area contributed by atoms with Gasteiger partial charge in [-0.2, -0.15) is 0 Å². The molecule has 2 aromatic rings. The molecule has 2 aromatic carbocycles. The van der Waals surface area contributed by atoms with Crippen molar-refractivity contribution in [1.82, 2.24) is 0 Å². The van der Waals surface area contributed by atoms with Gasteiger partial charge in [0.2, 0.25) is 0 Å². The summed E-state index contributed by atoms with van der Waals surface area (Å²) in [6.45, 7) is 6.95. The number of hydrogen-bond donors (Lipinski definition) is 1. The molecule has 0 radical (unpaired) electrons. The van der Waals surface area contributed by atoms with Crippen molar-refractivity contribution in [3.8, 4) is 16.9 Å². The van der Waals surface area contributed by atoms with Gasteiger partial charge in [0.1, 0.15) is 11.6 Å². The number of aryl methyl sites for hydroxylation is 1. The van der Waals surface area contributed by atoms with E-state index in [0.717, 1.165) is 11.1 Å². The van der Waals surface area contributed by atoms with Crippen molar-refractivity contribution in [3.05, 3.63) is 53.3 Å². The Morgan fingerprint density at radius 1 is 1.12 bits per heavy atom. The number of hydrogen-bond acceptors (Lipinski definition) is 4. The maximum absolute atomic E-state index is 13.8. The molecule has 0 unspecified atom stereocenters. The summed E-state index contributed by atoms with van der Waals surface area (Å²) in [6, 6.07) is 10.6. The zero-order chi connectivity index (χ0) is 18.7. The predicted octanol–water partition coefficient (Wildman–Crippen LogP) is 4.07. The molecule has 26 heavy (non-hydrogen) atoms. The number of halogens is 1. The standard InChI is InChI=1S/C21H25FO4/c1-14-4-5-17(9-19(14)22)16-6-7-20(18(8-16)10-23)24-11-15-12-25-21(2,3)26-13-15/h4-9,15,23H,10-13H2,1-3H3. The zero-order valence-electron chi connectivity index (χ0n) is 15.4. The van der Waals surface area contributed by atoms with Crippen molar-refractivity contribution in [2.75, 3.05) is 19.8 Å². The smallest absolute Gasteiger partial charge is 0.162 e. The highest BCUT2D eigenvalue weighted by molar-refractivity contribution is 5.66. The number of benzene rings is 2. The molecule has 0 saturated carbocycles. The fourth-order valence-electron chi connectivity index (χ4n) is 2.83. The first-order valence-electron chi connectivity index (χ1n) is 8.79. The van der Waals surface area contributed by atoms with Gasteiger partial charge in [-0.05, 0) is 55.7 Å². The topological polar surface area (TPSA) is 47.9 Å². The monoisotopic (exact) mass is 360 g/mol. The number of aliphatic hydroxyl groups is 1. The molecule has 1 aliphatic rings. The van der Waals surface area contributed by atoms with E-state index in [9.17, 15) is 9.50 Å². The molecule has 0 aliphatic carbocycles. The molecule has 0 spiro atoms. The Balaban J connectivity index is 1.70. The highest BCUT2D eigenvalue weighted by Gasteiger charge is 2.28. The number of aliphatic hydroxyl groups excluding tert-OH is 1. The van der Waals surface area contributed by atoms with Crippen LogP contribution in [0.3, 0.4) is 0 Å². The van der Waals surface area contributed by atoms with Gasteiger partial charge in [0.25, 0.3) is 0 Å². The van der Waals surface area contributed by atoms with Crippen LogP contribution in [-0.4, -0.2) is 30.7 Å². The van der Waals surface area contributed by atoms with Crippen molar-refractivity contribution >= 4 is 0 Å². The van der Waals surface area contributed by atoms with Crippen LogP contribution in [-0.2, 0) is 16.1 Å². The fraction of sp³-hybridized carbons (Fsp3) is 0.429. The third kappa shape index (κ3) is 4.41. The number of rotatable bonds is 5. The van der Waals surface area contributed by atoms with Crippen LogP contribution in [0.25, 0.3) is 11.1 Å². The minimum Gasteiger partial charge on any atom is -0.493 e. The highest BCUT2D eigenvalue weighted by atomic mass is 19.1. The lowest BCUT2D eigenvalue weighted by atomic mass is 10.0. The Morgan fingerprint density at radius 2 is 1.77 bits per heavy atom. The molecule has 0 atom stereocenters. The summed E-state index contributed by atoms with van der Waals surface area (Å²) in [5, 5.41) is 9.69. The molecule has 4 nitrogen and oxygen atoms in total. The molecule has 1 fully saturated rings.